The number of hydrogen-bond acceptors (Lipinski definition) is 3. The standard InChI is InChI=1S/C29H40O3/c1-6-7-13-28(30)31-19-25-16-17-26(22(5)23-11-9-8-10-12-23)29(32-25)27-18-24(20(2)3)15-14-21(27)4/h8-12,14-15,18,20,22,25-26,29H,6-7,13,16-17,19H2,1-5H3/t22-,25+,26-,29-/m1/s1. The Morgan fingerprint density at radius 2 is 1.81 bits per heavy atom. The fourth-order valence-electron chi connectivity index (χ4n) is 4.75. The summed E-state index contributed by atoms with van der Waals surface area (Å²) in [5.74, 6) is 1.13. The van der Waals surface area contributed by atoms with E-state index in [1.165, 1.54) is 22.3 Å². The lowest BCUT2D eigenvalue weighted by atomic mass is 9.75. The van der Waals surface area contributed by atoms with Crippen molar-refractivity contribution in [1.82, 2.24) is 0 Å². The number of rotatable bonds is 9. The van der Waals surface area contributed by atoms with Gasteiger partial charge in [-0.1, -0.05) is 82.6 Å². The van der Waals surface area contributed by atoms with Crippen molar-refractivity contribution in [2.24, 2.45) is 5.92 Å². The topological polar surface area (TPSA) is 35.5 Å². The molecule has 1 aliphatic rings. The van der Waals surface area contributed by atoms with E-state index in [1.54, 1.807) is 0 Å². The van der Waals surface area contributed by atoms with Crippen molar-refractivity contribution in [3.05, 3.63) is 70.8 Å². The fraction of sp³-hybridized carbons (Fsp3) is 0.552. The van der Waals surface area contributed by atoms with Crippen LogP contribution in [0.3, 0.4) is 0 Å². The van der Waals surface area contributed by atoms with Crippen molar-refractivity contribution < 1.29 is 14.3 Å². The zero-order valence-electron chi connectivity index (χ0n) is 20.5. The molecule has 0 unspecified atom stereocenters. The van der Waals surface area contributed by atoms with Crippen LogP contribution in [-0.4, -0.2) is 18.7 Å². The first kappa shape index (κ1) is 24.5. The van der Waals surface area contributed by atoms with Crippen molar-refractivity contribution in [3.8, 4) is 0 Å². The number of hydrogen-bond donors (Lipinski definition) is 0. The molecule has 3 rings (SSSR count). The molecule has 3 nitrogen and oxygen atoms in total. The SMILES string of the molecule is CCCCC(=O)OC[C@@H]1CC[C@H]([C@H](C)c2ccccc2)[C@H](c2cc(C(C)C)ccc2C)O1. The number of esters is 1. The average Bonchev–Trinajstić information content (AvgIpc) is 2.81. The molecule has 0 saturated carbocycles. The summed E-state index contributed by atoms with van der Waals surface area (Å²) in [6.45, 7) is 11.4. The third-order valence-corrected chi connectivity index (χ3v) is 6.96. The van der Waals surface area contributed by atoms with Gasteiger partial charge < -0.3 is 9.47 Å². The van der Waals surface area contributed by atoms with E-state index in [0.717, 1.165) is 25.7 Å². The Morgan fingerprint density at radius 3 is 2.50 bits per heavy atom. The Bertz CT molecular complexity index is 858. The molecule has 0 aliphatic carbocycles. The Kier molecular flexibility index (Phi) is 8.92. The van der Waals surface area contributed by atoms with E-state index in [4.69, 9.17) is 9.47 Å². The van der Waals surface area contributed by atoms with E-state index in [2.05, 4.69) is 83.1 Å². The monoisotopic (exact) mass is 436 g/mol. The van der Waals surface area contributed by atoms with Gasteiger partial charge in [-0.2, -0.15) is 0 Å². The maximum absolute atomic E-state index is 12.0. The maximum atomic E-state index is 12.0. The lowest BCUT2D eigenvalue weighted by Gasteiger charge is -2.40. The first-order chi connectivity index (χ1) is 15.4. The van der Waals surface area contributed by atoms with Gasteiger partial charge in [0.2, 0.25) is 0 Å². The van der Waals surface area contributed by atoms with Crippen LogP contribution in [0.2, 0.25) is 0 Å². The van der Waals surface area contributed by atoms with E-state index in [9.17, 15) is 4.79 Å². The zero-order valence-corrected chi connectivity index (χ0v) is 20.5. The largest absolute Gasteiger partial charge is 0.463 e. The highest BCUT2D eigenvalue weighted by atomic mass is 16.6. The molecule has 2 aromatic carbocycles. The number of unbranched alkanes of at least 4 members (excludes halogenated alkanes) is 1. The molecular formula is C29H40O3. The van der Waals surface area contributed by atoms with Gasteiger partial charge in [0.1, 0.15) is 6.61 Å². The second kappa shape index (κ2) is 11.7. The predicted octanol–water partition coefficient (Wildman–Crippen LogP) is 7.49. The summed E-state index contributed by atoms with van der Waals surface area (Å²) in [6.07, 6.45) is 4.30. The molecule has 174 valence electrons. The summed E-state index contributed by atoms with van der Waals surface area (Å²) in [7, 11) is 0. The Hall–Kier alpha value is -2.13. The Morgan fingerprint density at radius 1 is 1.06 bits per heavy atom. The van der Waals surface area contributed by atoms with Crippen LogP contribution in [0.4, 0.5) is 0 Å². The van der Waals surface area contributed by atoms with Crippen molar-refractivity contribution in [2.45, 2.75) is 90.8 Å². The first-order valence-corrected chi connectivity index (χ1v) is 12.4. The van der Waals surface area contributed by atoms with E-state index in [-0.39, 0.29) is 18.2 Å². The predicted molar refractivity (Wildman–Crippen MR) is 131 cm³/mol. The molecule has 0 N–H and O–H groups in total. The molecule has 0 spiro atoms. The number of aryl methyl sites for hydroxylation is 1. The molecule has 0 aromatic heterocycles. The van der Waals surface area contributed by atoms with Gasteiger partial charge in [0.15, 0.2) is 0 Å². The smallest absolute Gasteiger partial charge is 0.305 e. The van der Waals surface area contributed by atoms with E-state index in [0.29, 0.717) is 30.8 Å². The minimum Gasteiger partial charge on any atom is -0.463 e. The average molecular weight is 437 g/mol. The third-order valence-electron chi connectivity index (χ3n) is 6.96. The van der Waals surface area contributed by atoms with Gasteiger partial charge in [-0.15, -0.1) is 0 Å². The molecule has 4 atom stereocenters. The fourth-order valence-corrected chi connectivity index (χ4v) is 4.75. The van der Waals surface area contributed by atoms with Crippen LogP contribution in [0.25, 0.3) is 0 Å². The lowest BCUT2D eigenvalue weighted by Crippen LogP contribution is -2.35. The highest BCUT2D eigenvalue weighted by Gasteiger charge is 2.37. The lowest BCUT2D eigenvalue weighted by molar-refractivity contribution is -0.156. The van der Waals surface area contributed by atoms with Crippen molar-refractivity contribution in [3.63, 3.8) is 0 Å². The normalized spacial score (nSPS) is 22.0. The van der Waals surface area contributed by atoms with Crippen LogP contribution in [0.5, 0.6) is 0 Å². The van der Waals surface area contributed by atoms with Gasteiger partial charge in [0, 0.05) is 6.42 Å². The molecule has 32 heavy (non-hydrogen) atoms. The molecule has 1 saturated heterocycles. The van der Waals surface area contributed by atoms with Crippen LogP contribution >= 0.6 is 0 Å². The van der Waals surface area contributed by atoms with E-state index in [1.807, 2.05) is 0 Å². The van der Waals surface area contributed by atoms with Gasteiger partial charge in [-0.05, 0) is 66.2 Å². The third kappa shape index (κ3) is 6.22. The van der Waals surface area contributed by atoms with Crippen LogP contribution in [0.15, 0.2) is 48.5 Å². The van der Waals surface area contributed by atoms with Crippen LogP contribution in [0.1, 0.15) is 100.0 Å². The van der Waals surface area contributed by atoms with Crippen molar-refractivity contribution >= 4 is 5.97 Å². The van der Waals surface area contributed by atoms with Crippen molar-refractivity contribution in [2.75, 3.05) is 6.61 Å². The van der Waals surface area contributed by atoms with Gasteiger partial charge in [-0.3, -0.25) is 4.79 Å². The number of ether oxygens (including phenoxy) is 2. The molecule has 2 aromatic rings. The van der Waals surface area contributed by atoms with Crippen LogP contribution < -0.4 is 0 Å². The Balaban J connectivity index is 1.83. The molecule has 3 heteroatoms. The molecule has 0 radical (unpaired) electrons. The first-order valence-electron chi connectivity index (χ1n) is 12.4. The minimum absolute atomic E-state index is 0.00278. The van der Waals surface area contributed by atoms with Crippen molar-refractivity contribution in [1.29, 1.82) is 0 Å². The molecule has 0 amide bonds. The minimum atomic E-state index is -0.107. The highest BCUT2D eigenvalue weighted by molar-refractivity contribution is 5.69. The molecular weight excluding hydrogens is 396 g/mol. The van der Waals surface area contributed by atoms with Gasteiger partial charge in [-0.25, -0.2) is 0 Å². The Labute approximate surface area is 194 Å². The second-order valence-corrected chi connectivity index (χ2v) is 9.68. The van der Waals surface area contributed by atoms with Gasteiger partial charge >= 0.3 is 5.97 Å². The maximum Gasteiger partial charge on any atom is 0.305 e. The number of carbonyl (C=O) groups is 1. The molecule has 1 heterocycles. The molecule has 1 aliphatic heterocycles. The summed E-state index contributed by atoms with van der Waals surface area (Å²) in [5, 5.41) is 0. The van der Waals surface area contributed by atoms with E-state index >= 15 is 0 Å². The van der Waals surface area contributed by atoms with Crippen LogP contribution in [-0.2, 0) is 14.3 Å². The second-order valence-electron chi connectivity index (χ2n) is 9.68. The van der Waals surface area contributed by atoms with E-state index < -0.39 is 0 Å². The van der Waals surface area contributed by atoms with Gasteiger partial charge in [0.05, 0.1) is 12.2 Å². The number of benzene rings is 2. The summed E-state index contributed by atoms with van der Waals surface area (Å²) in [4.78, 5) is 12.0. The summed E-state index contributed by atoms with van der Waals surface area (Å²) < 4.78 is 12.3. The summed E-state index contributed by atoms with van der Waals surface area (Å²) >= 11 is 0. The zero-order chi connectivity index (χ0) is 23.1. The summed E-state index contributed by atoms with van der Waals surface area (Å²) in [6, 6.07) is 17.6. The van der Waals surface area contributed by atoms with Crippen LogP contribution in [0, 0.1) is 12.8 Å². The molecule has 1 fully saturated rings. The highest BCUT2D eigenvalue weighted by Crippen LogP contribution is 2.45. The quantitative estimate of drug-likeness (QED) is 0.382. The van der Waals surface area contributed by atoms with Gasteiger partial charge in [0.25, 0.3) is 0 Å². The molecule has 0 bridgehead atoms. The number of carbonyl (C=O) groups excluding carboxylic acids is 1. The summed E-state index contributed by atoms with van der Waals surface area (Å²) in [5.41, 5.74) is 5.25.